The topological polar surface area (TPSA) is 41.3 Å². The van der Waals surface area contributed by atoms with E-state index >= 15 is 0 Å². The zero-order valence-corrected chi connectivity index (χ0v) is 12.4. The van der Waals surface area contributed by atoms with Gasteiger partial charge in [0.25, 0.3) is 0 Å². The first-order valence-electron chi connectivity index (χ1n) is 7.85. The van der Waals surface area contributed by atoms with Crippen LogP contribution < -0.4 is 11.2 Å². The molecule has 4 unspecified atom stereocenters. The number of hydrogen-bond acceptors (Lipinski definition) is 3. The lowest BCUT2D eigenvalue weighted by Gasteiger charge is -2.50. The molecule has 1 saturated heterocycles. The van der Waals surface area contributed by atoms with E-state index in [1.54, 1.807) is 0 Å². The molecule has 0 spiro atoms. The van der Waals surface area contributed by atoms with Crippen LogP contribution in [0, 0.1) is 5.92 Å². The second-order valence-electron chi connectivity index (χ2n) is 6.66. The Morgan fingerprint density at radius 3 is 2.28 bits per heavy atom. The molecule has 3 N–H and O–H groups in total. The van der Waals surface area contributed by atoms with Crippen LogP contribution in [0.1, 0.15) is 65.7 Å². The Kier molecular flexibility index (Phi) is 4.68. The average molecular weight is 253 g/mol. The van der Waals surface area contributed by atoms with Crippen LogP contribution >= 0.6 is 0 Å². The van der Waals surface area contributed by atoms with Crippen molar-refractivity contribution in [1.29, 1.82) is 0 Å². The maximum absolute atomic E-state index is 6.15. The Morgan fingerprint density at radius 1 is 1.06 bits per heavy atom. The first-order valence-corrected chi connectivity index (χ1v) is 7.85. The largest absolute Gasteiger partial charge is 0.329 e. The summed E-state index contributed by atoms with van der Waals surface area (Å²) in [4.78, 5) is 0. The minimum Gasteiger partial charge on any atom is -0.329 e. The van der Waals surface area contributed by atoms with Crippen molar-refractivity contribution in [3.63, 3.8) is 0 Å². The van der Waals surface area contributed by atoms with E-state index in [0.717, 1.165) is 6.54 Å². The quantitative estimate of drug-likeness (QED) is 0.812. The monoisotopic (exact) mass is 253 g/mol. The van der Waals surface area contributed by atoms with Gasteiger partial charge in [-0.2, -0.15) is 0 Å². The Bertz CT molecular complexity index is 258. The van der Waals surface area contributed by atoms with Crippen molar-refractivity contribution in [2.75, 3.05) is 6.54 Å². The molecule has 0 amide bonds. The van der Waals surface area contributed by atoms with Crippen LogP contribution in [0.25, 0.3) is 0 Å². The summed E-state index contributed by atoms with van der Waals surface area (Å²) in [6.07, 6.45) is 9.24. The van der Waals surface area contributed by atoms with Gasteiger partial charge in [0.05, 0.1) is 0 Å². The van der Waals surface area contributed by atoms with Crippen molar-refractivity contribution in [1.82, 2.24) is 10.4 Å². The highest BCUT2D eigenvalue weighted by Gasteiger charge is 2.40. The molecule has 2 aliphatic rings. The molecule has 0 aromatic heterocycles. The Balaban J connectivity index is 2.08. The van der Waals surface area contributed by atoms with E-state index in [0.29, 0.717) is 18.0 Å². The predicted molar refractivity (Wildman–Crippen MR) is 77.2 cm³/mol. The van der Waals surface area contributed by atoms with E-state index in [-0.39, 0.29) is 5.54 Å². The molecule has 1 aliphatic heterocycles. The van der Waals surface area contributed by atoms with Gasteiger partial charge in [0.2, 0.25) is 0 Å². The van der Waals surface area contributed by atoms with Gasteiger partial charge in [0.15, 0.2) is 0 Å². The van der Waals surface area contributed by atoms with Gasteiger partial charge in [0.1, 0.15) is 0 Å². The van der Waals surface area contributed by atoms with Crippen molar-refractivity contribution < 1.29 is 0 Å². The van der Waals surface area contributed by atoms with Crippen LogP contribution in [0.2, 0.25) is 0 Å². The highest BCUT2D eigenvalue weighted by molar-refractivity contribution is 4.97. The average Bonchev–Trinajstić information content (AvgIpc) is 2.36. The minimum absolute atomic E-state index is 0.151. The fourth-order valence-electron chi connectivity index (χ4n) is 3.83. The molecule has 0 aromatic rings. The van der Waals surface area contributed by atoms with Crippen LogP contribution in [0.3, 0.4) is 0 Å². The number of nitrogens with two attached hydrogens (primary N) is 1. The van der Waals surface area contributed by atoms with Gasteiger partial charge in [-0.3, -0.25) is 0 Å². The molecule has 1 heterocycles. The normalized spacial score (nSPS) is 43.0. The number of piperidine rings is 1. The first-order chi connectivity index (χ1) is 8.59. The molecule has 0 aromatic carbocycles. The van der Waals surface area contributed by atoms with E-state index in [1.807, 2.05) is 0 Å². The molecule has 0 radical (unpaired) electrons. The molecule has 1 aliphatic carbocycles. The molecular weight excluding hydrogens is 222 g/mol. The molecule has 18 heavy (non-hydrogen) atoms. The number of hydrogen-bond donors (Lipinski definition) is 2. The lowest BCUT2D eigenvalue weighted by molar-refractivity contribution is -0.0268. The molecule has 2 rings (SSSR count). The van der Waals surface area contributed by atoms with Crippen LogP contribution in [-0.4, -0.2) is 29.2 Å². The summed E-state index contributed by atoms with van der Waals surface area (Å²) in [6, 6.07) is 1.29. The molecule has 2 fully saturated rings. The highest BCUT2D eigenvalue weighted by Crippen LogP contribution is 2.34. The van der Waals surface area contributed by atoms with Crippen molar-refractivity contribution in [3.05, 3.63) is 0 Å². The van der Waals surface area contributed by atoms with E-state index in [2.05, 4.69) is 31.2 Å². The molecule has 3 nitrogen and oxygen atoms in total. The predicted octanol–water partition coefficient (Wildman–Crippen LogP) is 2.66. The molecular formula is C15H31N3. The maximum atomic E-state index is 6.15. The fourth-order valence-corrected chi connectivity index (χ4v) is 3.83. The first kappa shape index (κ1) is 14.3. The van der Waals surface area contributed by atoms with E-state index in [9.17, 15) is 0 Å². The van der Waals surface area contributed by atoms with E-state index in [1.165, 1.54) is 44.9 Å². The van der Waals surface area contributed by atoms with Crippen molar-refractivity contribution in [2.24, 2.45) is 11.7 Å². The van der Waals surface area contributed by atoms with Gasteiger partial charge in [-0.1, -0.05) is 26.2 Å². The van der Waals surface area contributed by atoms with Crippen molar-refractivity contribution in [3.8, 4) is 0 Å². The van der Waals surface area contributed by atoms with Gasteiger partial charge in [0, 0.05) is 24.2 Å². The molecule has 4 atom stereocenters. The zero-order chi connectivity index (χ0) is 13.2. The zero-order valence-electron chi connectivity index (χ0n) is 12.4. The lowest BCUT2D eigenvalue weighted by Crippen LogP contribution is -2.66. The highest BCUT2D eigenvalue weighted by atomic mass is 15.6. The van der Waals surface area contributed by atoms with Crippen LogP contribution in [0.15, 0.2) is 0 Å². The van der Waals surface area contributed by atoms with Gasteiger partial charge >= 0.3 is 0 Å². The summed E-state index contributed by atoms with van der Waals surface area (Å²) in [7, 11) is 0. The van der Waals surface area contributed by atoms with Crippen molar-refractivity contribution >= 4 is 0 Å². The molecule has 106 valence electrons. The summed E-state index contributed by atoms with van der Waals surface area (Å²) in [5.74, 6) is 0.692. The fraction of sp³-hybridized carbons (Fsp3) is 1.00. The summed E-state index contributed by atoms with van der Waals surface area (Å²) in [5.41, 5.74) is 10.2. The third-order valence-corrected chi connectivity index (χ3v) is 5.36. The lowest BCUT2D eigenvalue weighted by atomic mass is 9.74. The summed E-state index contributed by atoms with van der Waals surface area (Å²) in [5, 5.41) is 2.51. The SMILES string of the molecule is CC1CCCC(C)N1NC1(CN)CCCCC1C. The number of nitrogens with zero attached hydrogens (tertiary/aromatic N) is 1. The van der Waals surface area contributed by atoms with Crippen LogP contribution in [0.4, 0.5) is 0 Å². The molecule has 1 saturated carbocycles. The van der Waals surface area contributed by atoms with E-state index in [4.69, 9.17) is 5.73 Å². The second-order valence-corrected chi connectivity index (χ2v) is 6.66. The van der Waals surface area contributed by atoms with Gasteiger partial charge < -0.3 is 5.73 Å². The Hall–Kier alpha value is -0.120. The van der Waals surface area contributed by atoms with Crippen LogP contribution in [-0.2, 0) is 0 Å². The van der Waals surface area contributed by atoms with E-state index < -0.39 is 0 Å². The van der Waals surface area contributed by atoms with Gasteiger partial charge in [-0.25, -0.2) is 10.4 Å². The standard InChI is InChI=1S/C15H31N3/c1-12-7-4-5-10-15(12,11-16)17-18-13(2)8-6-9-14(18)3/h12-14,17H,4-11,16H2,1-3H3. The Labute approximate surface area is 112 Å². The summed E-state index contributed by atoms with van der Waals surface area (Å²) < 4.78 is 0. The summed E-state index contributed by atoms with van der Waals surface area (Å²) >= 11 is 0. The third-order valence-electron chi connectivity index (χ3n) is 5.36. The minimum atomic E-state index is 0.151. The number of nitrogens with one attached hydrogen (secondary N) is 1. The van der Waals surface area contributed by atoms with Crippen molar-refractivity contribution in [2.45, 2.75) is 83.3 Å². The molecule has 0 bridgehead atoms. The third kappa shape index (κ3) is 2.73. The maximum Gasteiger partial charge on any atom is 0.0473 e. The Morgan fingerprint density at radius 2 is 1.72 bits per heavy atom. The number of hydrazine groups is 1. The number of rotatable bonds is 3. The van der Waals surface area contributed by atoms with Crippen LogP contribution in [0.5, 0.6) is 0 Å². The summed E-state index contributed by atoms with van der Waals surface area (Å²) in [6.45, 7) is 7.84. The van der Waals surface area contributed by atoms with Gasteiger partial charge in [-0.05, 0) is 45.4 Å². The molecule has 3 heteroatoms. The van der Waals surface area contributed by atoms with Gasteiger partial charge in [-0.15, -0.1) is 0 Å². The smallest absolute Gasteiger partial charge is 0.0473 e. The second kappa shape index (κ2) is 5.89.